The highest BCUT2D eigenvalue weighted by Crippen LogP contribution is 1.95. The van der Waals surface area contributed by atoms with Gasteiger partial charge >= 0.3 is 10.4 Å². The fraction of sp³-hybridized carbons (Fsp3) is 0. The molecule has 0 N–H and O–H groups in total. The standard InChI is InChI=1S/H2O8S2/c1-7-10(5,6)8-9(2,3)4/h1H,(H,2,3,4)/p-2. The summed E-state index contributed by atoms with van der Waals surface area (Å²) < 4.78 is 52.5. The maximum atomic E-state index is 9.68. The third kappa shape index (κ3) is 4.60. The van der Waals surface area contributed by atoms with Crippen LogP contribution in [0.25, 0.3) is 0 Å². The van der Waals surface area contributed by atoms with Gasteiger partial charge in [0.1, 0.15) is 0 Å². The summed E-state index contributed by atoms with van der Waals surface area (Å²) in [6.07, 6.45) is 0. The molecule has 62 valence electrons. The summed E-state index contributed by atoms with van der Waals surface area (Å²) in [7, 11) is -10.7. The Morgan fingerprint density at radius 1 is 1.10 bits per heavy atom. The van der Waals surface area contributed by atoms with Gasteiger partial charge < -0.3 is 14.1 Å². The Morgan fingerprint density at radius 3 is 1.60 bits per heavy atom. The first-order chi connectivity index (χ1) is 4.27. The van der Waals surface area contributed by atoms with E-state index in [4.69, 9.17) is 5.26 Å². The van der Waals surface area contributed by atoms with Crippen LogP contribution in [-0.2, 0) is 28.8 Å². The third-order valence-corrected chi connectivity index (χ3v) is 1.75. The molecule has 0 amide bonds. The first-order valence-corrected chi connectivity index (χ1v) is 4.17. The van der Waals surface area contributed by atoms with Gasteiger partial charge in [0, 0.05) is 0 Å². The molecule has 0 aliphatic carbocycles. The highest BCUT2D eigenvalue weighted by atomic mass is 32.3. The van der Waals surface area contributed by atoms with Crippen LogP contribution in [0.4, 0.5) is 0 Å². The van der Waals surface area contributed by atoms with E-state index in [2.05, 4.69) is 7.96 Å². The summed E-state index contributed by atoms with van der Waals surface area (Å²) in [6, 6.07) is 0. The van der Waals surface area contributed by atoms with Crippen molar-refractivity contribution in [1.29, 1.82) is 0 Å². The van der Waals surface area contributed by atoms with Gasteiger partial charge in [0.05, 0.1) is 0 Å². The lowest BCUT2D eigenvalue weighted by Crippen LogP contribution is -2.20. The van der Waals surface area contributed by atoms with Gasteiger partial charge in [-0.1, -0.05) is 0 Å². The summed E-state index contributed by atoms with van der Waals surface area (Å²) in [5.74, 6) is 0. The average molecular weight is 192 g/mol. The molecule has 0 aromatic carbocycles. The quantitative estimate of drug-likeness (QED) is 0.200. The van der Waals surface area contributed by atoms with Gasteiger partial charge in [-0.15, -0.1) is 3.63 Å². The van der Waals surface area contributed by atoms with Gasteiger partial charge in [-0.25, -0.2) is 8.42 Å². The molecule has 0 aromatic rings. The van der Waals surface area contributed by atoms with E-state index in [0.717, 1.165) is 0 Å². The molecule has 0 atom stereocenters. The van der Waals surface area contributed by atoms with E-state index in [1.54, 1.807) is 0 Å². The lowest BCUT2D eigenvalue weighted by molar-refractivity contribution is -0.636. The van der Waals surface area contributed by atoms with Crippen LogP contribution in [0.2, 0.25) is 0 Å². The molecule has 0 heterocycles. The molecule has 8 nitrogen and oxygen atoms in total. The normalized spacial score (nSPS) is 13.4. The Balaban J connectivity index is 4.49. The van der Waals surface area contributed by atoms with Crippen molar-refractivity contribution in [1.82, 2.24) is 0 Å². The van der Waals surface area contributed by atoms with Gasteiger partial charge in [-0.05, 0) is 0 Å². The van der Waals surface area contributed by atoms with Crippen LogP contribution >= 0.6 is 0 Å². The zero-order valence-corrected chi connectivity index (χ0v) is 5.72. The fourth-order valence-electron chi connectivity index (χ4n) is 0.113. The molecule has 10 heteroatoms. The number of hydrogen-bond acceptors (Lipinski definition) is 8. The predicted molar refractivity (Wildman–Crippen MR) is 20.8 cm³/mol. The Labute approximate surface area is 56.2 Å². The summed E-state index contributed by atoms with van der Waals surface area (Å²) in [5, 5.41) is 9.01. The summed E-state index contributed by atoms with van der Waals surface area (Å²) >= 11 is 0. The fourth-order valence-corrected chi connectivity index (χ4v) is 1.02. The Bertz CT molecular complexity index is 275. The zero-order chi connectivity index (χ0) is 8.41. The Morgan fingerprint density at radius 2 is 1.50 bits per heavy atom. The van der Waals surface area contributed by atoms with E-state index < -0.39 is 20.8 Å². The molecular weight excluding hydrogens is 192 g/mol. The van der Waals surface area contributed by atoms with Crippen molar-refractivity contribution in [2.45, 2.75) is 0 Å². The second-order valence-corrected chi connectivity index (χ2v) is 3.27. The maximum absolute atomic E-state index is 9.68. The van der Waals surface area contributed by atoms with Crippen LogP contribution in [0.15, 0.2) is 0 Å². The van der Waals surface area contributed by atoms with Crippen LogP contribution in [0.5, 0.6) is 0 Å². The summed E-state index contributed by atoms with van der Waals surface area (Å²) in [5.41, 5.74) is 0. The average Bonchev–Trinajstić information content (AvgIpc) is 1.60. The highest BCUT2D eigenvalue weighted by molar-refractivity contribution is 7.94. The number of hydrogen-bond donors (Lipinski definition) is 0. The summed E-state index contributed by atoms with van der Waals surface area (Å²) in [4.78, 5) is 0. The molecule has 0 fully saturated rings. The molecule has 0 saturated carbocycles. The van der Waals surface area contributed by atoms with Crippen molar-refractivity contribution < 1.29 is 34.6 Å². The molecule has 0 rings (SSSR count). The van der Waals surface area contributed by atoms with E-state index in [0.29, 0.717) is 0 Å². The van der Waals surface area contributed by atoms with Crippen molar-refractivity contribution in [3.8, 4) is 0 Å². The first kappa shape index (κ1) is 9.74. The molecule has 0 aliphatic heterocycles. The van der Waals surface area contributed by atoms with Crippen LogP contribution in [0.1, 0.15) is 0 Å². The SMILES string of the molecule is O=S(=O)([O-])OS(=O)(=O)O[O-]. The Hall–Kier alpha value is -0.260. The van der Waals surface area contributed by atoms with Gasteiger partial charge in [-0.3, -0.25) is 0 Å². The minimum atomic E-state index is -5.46. The molecule has 0 spiro atoms. The molecule has 0 unspecified atom stereocenters. The smallest absolute Gasteiger partial charge is 0.405 e. The van der Waals surface area contributed by atoms with Crippen LogP contribution in [0.3, 0.4) is 0 Å². The van der Waals surface area contributed by atoms with Gasteiger partial charge in [-0.2, -0.15) is 8.42 Å². The second kappa shape index (κ2) is 2.77. The number of rotatable bonds is 3. The van der Waals surface area contributed by atoms with Crippen LogP contribution < -0.4 is 5.26 Å². The minimum Gasteiger partial charge on any atom is -0.725 e. The second-order valence-electron chi connectivity index (χ2n) is 0.953. The van der Waals surface area contributed by atoms with Crippen molar-refractivity contribution in [2.75, 3.05) is 0 Å². The lowest BCUT2D eigenvalue weighted by Gasteiger charge is -2.08. The van der Waals surface area contributed by atoms with E-state index in [1.807, 2.05) is 0 Å². The Kier molecular flexibility index (Phi) is 2.70. The molecule has 0 saturated heterocycles. The molecular formula is O8S2-2. The lowest BCUT2D eigenvalue weighted by atomic mass is 15.0. The van der Waals surface area contributed by atoms with E-state index in [1.165, 1.54) is 0 Å². The maximum Gasteiger partial charge on any atom is 0.405 e. The zero-order valence-electron chi connectivity index (χ0n) is 4.08. The summed E-state index contributed by atoms with van der Waals surface area (Å²) in [6.45, 7) is 0. The first-order valence-electron chi connectivity index (χ1n) is 1.50. The minimum absolute atomic E-state index is 2.23. The van der Waals surface area contributed by atoms with Crippen molar-refractivity contribution >= 4 is 20.8 Å². The van der Waals surface area contributed by atoms with Crippen molar-refractivity contribution in [3.63, 3.8) is 0 Å². The molecule has 0 bridgehead atoms. The van der Waals surface area contributed by atoms with Gasteiger partial charge in [0.25, 0.3) is 0 Å². The molecule has 0 aromatic heterocycles. The van der Waals surface area contributed by atoms with E-state index in [9.17, 15) is 21.4 Å². The van der Waals surface area contributed by atoms with Gasteiger partial charge in [0.15, 0.2) is 0 Å². The van der Waals surface area contributed by atoms with Crippen molar-refractivity contribution in [3.05, 3.63) is 0 Å². The van der Waals surface area contributed by atoms with E-state index in [-0.39, 0.29) is 0 Å². The largest absolute Gasteiger partial charge is 0.725 e. The van der Waals surface area contributed by atoms with Crippen LogP contribution in [-0.4, -0.2) is 21.4 Å². The highest BCUT2D eigenvalue weighted by Gasteiger charge is 2.10. The molecule has 10 heavy (non-hydrogen) atoms. The van der Waals surface area contributed by atoms with Gasteiger partial charge in [0.2, 0.25) is 10.4 Å². The third-order valence-electron chi connectivity index (χ3n) is 0.250. The molecule has 0 aliphatic rings. The van der Waals surface area contributed by atoms with Crippen molar-refractivity contribution in [2.24, 2.45) is 0 Å². The molecule has 0 radical (unpaired) electrons. The van der Waals surface area contributed by atoms with E-state index >= 15 is 0 Å². The topological polar surface area (TPSA) is 133 Å². The monoisotopic (exact) mass is 192 g/mol. The predicted octanol–water partition coefficient (Wildman–Crippen LogP) is -3.00. The van der Waals surface area contributed by atoms with Crippen LogP contribution in [0, 0.1) is 0 Å².